The van der Waals surface area contributed by atoms with Gasteiger partial charge >= 0.3 is 5.97 Å². The smallest absolute Gasteiger partial charge is 0.304 e. The van der Waals surface area contributed by atoms with Crippen LogP contribution in [-0.2, 0) is 14.3 Å². The summed E-state index contributed by atoms with van der Waals surface area (Å²) in [4.78, 5) is 11.0. The van der Waals surface area contributed by atoms with Crippen LogP contribution in [-0.4, -0.2) is 18.4 Å². The summed E-state index contributed by atoms with van der Waals surface area (Å²) in [7, 11) is 0. The summed E-state index contributed by atoms with van der Waals surface area (Å²) in [5.74, 6) is 4.81. The van der Waals surface area contributed by atoms with E-state index in [2.05, 4.69) is 13.8 Å². The standard InChI is InChI=1S/C16H26O3/c1-8-5-9(2)16-13-6-12(15(8)16)7-14(13)19-11(4)18-10(3)17/h8-9,11-16H,5-7H2,1-4H3. The lowest BCUT2D eigenvalue weighted by molar-refractivity contribution is -0.190. The zero-order chi connectivity index (χ0) is 13.7. The molecule has 19 heavy (non-hydrogen) atoms. The second kappa shape index (κ2) is 4.76. The zero-order valence-electron chi connectivity index (χ0n) is 12.5. The Bertz CT molecular complexity index is 367. The molecule has 3 heteroatoms. The number of carbonyl (C=O) groups excluding carboxylic acids is 1. The average Bonchev–Trinajstić information content (AvgIpc) is 2.90. The van der Waals surface area contributed by atoms with Crippen LogP contribution >= 0.6 is 0 Å². The van der Waals surface area contributed by atoms with E-state index in [1.165, 1.54) is 26.2 Å². The molecule has 3 fully saturated rings. The summed E-state index contributed by atoms with van der Waals surface area (Å²) >= 11 is 0. The van der Waals surface area contributed by atoms with Crippen molar-refractivity contribution in [2.24, 2.45) is 35.5 Å². The second-order valence-electron chi connectivity index (χ2n) is 7.09. The normalized spacial score (nSPS) is 49.2. The van der Waals surface area contributed by atoms with Gasteiger partial charge in [0.05, 0.1) is 6.10 Å². The van der Waals surface area contributed by atoms with Gasteiger partial charge in [-0.05, 0) is 61.7 Å². The molecule has 8 unspecified atom stereocenters. The third-order valence-corrected chi connectivity index (χ3v) is 5.83. The van der Waals surface area contributed by atoms with Crippen molar-refractivity contribution in [1.29, 1.82) is 0 Å². The van der Waals surface area contributed by atoms with Crippen LogP contribution in [0.2, 0.25) is 0 Å². The van der Waals surface area contributed by atoms with Gasteiger partial charge in [-0.25, -0.2) is 0 Å². The molecule has 8 atom stereocenters. The van der Waals surface area contributed by atoms with Crippen molar-refractivity contribution in [3.63, 3.8) is 0 Å². The minimum atomic E-state index is -0.394. The Kier molecular flexibility index (Phi) is 3.36. The highest BCUT2D eigenvalue weighted by Gasteiger charge is 2.59. The maximum absolute atomic E-state index is 11.0. The molecule has 0 saturated heterocycles. The average molecular weight is 266 g/mol. The van der Waals surface area contributed by atoms with Crippen molar-refractivity contribution in [2.75, 3.05) is 0 Å². The van der Waals surface area contributed by atoms with Crippen LogP contribution in [0.3, 0.4) is 0 Å². The van der Waals surface area contributed by atoms with Gasteiger partial charge < -0.3 is 9.47 Å². The van der Waals surface area contributed by atoms with E-state index in [1.807, 2.05) is 6.92 Å². The van der Waals surface area contributed by atoms with E-state index >= 15 is 0 Å². The van der Waals surface area contributed by atoms with E-state index in [4.69, 9.17) is 9.47 Å². The second-order valence-corrected chi connectivity index (χ2v) is 7.09. The summed E-state index contributed by atoms with van der Waals surface area (Å²) in [5, 5.41) is 0. The summed E-state index contributed by atoms with van der Waals surface area (Å²) in [5.41, 5.74) is 0. The Hall–Kier alpha value is -0.570. The van der Waals surface area contributed by atoms with Crippen molar-refractivity contribution in [3.05, 3.63) is 0 Å². The number of carbonyl (C=O) groups is 1. The molecule has 0 N–H and O–H groups in total. The molecule has 3 rings (SSSR count). The molecule has 3 aliphatic carbocycles. The van der Waals surface area contributed by atoms with Gasteiger partial charge in [-0.3, -0.25) is 4.79 Å². The molecule has 0 amide bonds. The minimum absolute atomic E-state index is 0.253. The first-order valence-corrected chi connectivity index (χ1v) is 7.80. The maximum atomic E-state index is 11.0. The molecule has 0 aromatic heterocycles. The van der Waals surface area contributed by atoms with Crippen LogP contribution in [0.25, 0.3) is 0 Å². The van der Waals surface area contributed by atoms with Crippen molar-refractivity contribution in [1.82, 2.24) is 0 Å². The predicted octanol–water partition coefficient (Wildman–Crippen LogP) is 3.23. The van der Waals surface area contributed by atoms with E-state index in [9.17, 15) is 4.79 Å². The molecule has 0 spiro atoms. The fourth-order valence-corrected chi connectivity index (χ4v) is 5.60. The third kappa shape index (κ3) is 2.20. The first kappa shape index (κ1) is 13.4. The summed E-state index contributed by atoms with van der Waals surface area (Å²) in [6, 6.07) is 0. The minimum Gasteiger partial charge on any atom is -0.436 e. The molecular weight excluding hydrogens is 240 g/mol. The molecular formula is C16H26O3. The number of ether oxygens (including phenoxy) is 2. The fourth-order valence-electron chi connectivity index (χ4n) is 5.60. The molecule has 0 radical (unpaired) electrons. The van der Waals surface area contributed by atoms with E-state index in [1.54, 1.807) is 0 Å². The van der Waals surface area contributed by atoms with Gasteiger partial charge in [0.2, 0.25) is 0 Å². The molecule has 108 valence electrons. The number of rotatable bonds is 3. The van der Waals surface area contributed by atoms with E-state index in [0.29, 0.717) is 12.0 Å². The highest BCUT2D eigenvalue weighted by atomic mass is 16.7. The Morgan fingerprint density at radius 2 is 1.79 bits per heavy atom. The van der Waals surface area contributed by atoms with Gasteiger partial charge in [-0.1, -0.05) is 13.8 Å². The molecule has 2 bridgehead atoms. The Morgan fingerprint density at radius 1 is 1.11 bits per heavy atom. The Labute approximate surface area is 116 Å². The van der Waals surface area contributed by atoms with Crippen LogP contribution in [0.5, 0.6) is 0 Å². The van der Waals surface area contributed by atoms with Gasteiger partial charge in [0.15, 0.2) is 6.29 Å². The number of hydrogen-bond acceptors (Lipinski definition) is 3. The van der Waals surface area contributed by atoms with Gasteiger partial charge in [-0.15, -0.1) is 0 Å². The van der Waals surface area contributed by atoms with Crippen molar-refractivity contribution in [3.8, 4) is 0 Å². The van der Waals surface area contributed by atoms with Crippen LogP contribution in [0, 0.1) is 35.5 Å². The monoisotopic (exact) mass is 266 g/mol. The SMILES string of the molecule is CC(=O)OC(C)OC1CC2CC1C1C(C)CC(C)C21. The Balaban J connectivity index is 1.64. The van der Waals surface area contributed by atoms with E-state index < -0.39 is 6.29 Å². The van der Waals surface area contributed by atoms with E-state index in [0.717, 1.165) is 29.6 Å². The lowest BCUT2D eigenvalue weighted by Gasteiger charge is -2.35. The topological polar surface area (TPSA) is 35.5 Å². The first-order chi connectivity index (χ1) is 8.97. The van der Waals surface area contributed by atoms with Crippen LogP contribution < -0.4 is 0 Å². The number of hydrogen-bond donors (Lipinski definition) is 0. The predicted molar refractivity (Wildman–Crippen MR) is 72.2 cm³/mol. The van der Waals surface area contributed by atoms with Crippen molar-refractivity contribution in [2.45, 2.75) is 59.4 Å². The lowest BCUT2D eigenvalue weighted by Crippen LogP contribution is -2.36. The molecule has 0 heterocycles. The molecule has 0 aliphatic heterocycles. The van der Waals surface area contributed by atoms with Gasteiger partial charge in [0.25, 0.3) is 0 Å². The summed E-state index contributed by atoms with van der Waals surface area (Å²) in [6.45, 7) is 8.12. The van der Waals surface area contributed by atoms with Gasteiger partial charge in [-0.2, -0.15) is 0 Å². The number of esters is 1. The number of fused-ring (bicyclic) bond motifs is 5. The third-order valence-electron chi connectivity index (χ3n) is 5.83. The highest BCUT2D eigenvalue weighted by Crippen LogP contribution is 2.63. The van der Waals surface area contributed by atoms with Crippen LogP contribution in [0.1, 0.15) is 47.0 Å². The lowest BCUT2D eigenvalue weighted by atomic mass is 9.75. The first-order valence-electron chi connectivity index (χ1n) is 7.80. The quantitative estimate of drug-likeness (QED) is 0.581. The summed E-state index contributed by atoms with van der Waals surface area (Å²) in [6.07, 6.45) is 3.81. The highest BCUT2D eigenvalue weighted by molar-refractivity contribution is 5.65. The van der Waals surface area contributed by atoms with Crippen LogP contribution in [0.4, 0.5) is 0 Å². The van der Waals surface area contributed by atoms with Crippen molar-refractivity contribution >= 4 is 5.97 Å². The summed E-state index contributed by atoms with van der Waals surface area (Å²) < 4.78 is 11.1. The molecule has 3 nitrogen and oxygen atoms in total. The fraction of sp³-hybridized carbons (Fsp3) is 0.938. The van der Waals surface area contributed by atoms with Crippen molar-refractivity contribution < 1.29 is 14.3 Å². The molecule has 3 aliphatic rings. The maximum Gasteiger partial charge on any atom is 0.304 e. The van der Waals surface area contributed by atoms with E-state index in [-0.39, 0.29) is 5.97 Å². The van der Waals surface area contributed by atoms with Gasteiger partial charge in [0, 0.05) is 6.92 Å². The zero-order valence-corrected chi connectivity index (χ0v) is 12.5. The Morgan fingerprint density at radius 3 is 2.47 bits per heavy atom. The molecule has 0 aromatic rings. The molecule has 0 aromatic carbocycles. The molecule has 3 saturated carbocycles. The van der Waals surface area contributed by atoms with Gasteiger partial charge in [0.1, 0.15) is 0 Å². The largest absolute Gasteiger partial charge is 0.436 e. The van der Waals surface area contributed by atoms with Crippen LogP contribution in [0.15, 0.2) is 0 Å².